The molecule has 0 aliphatic rings. The van der Waals surface area contributed by atoms with Gasteiger partial charge in [0.25, 0.3) is 5.56 Å². The van der Waals surface area contributed by atoms with E-state index in [0.29, 0.717) is 11.1 Å². The number of carboxylic acid groups (broad SMARTS) is 1. The molecule has 0 fully saturated rings. The fourth-order valence-electron chi connectivity index (χ4n) is 1.22. The Morgan fingerprint density at radius 3 is 3.07 bits per heavy atom. The van der Waals surface area contributed by atoms with Gasteiger partial charge in [0.15, 0.2) is 0 Å². The first kappa shape index (κ1) is 9.20. The van der Waals surface area contributed by atoms with Crippen LogP contribution in [-0.4, -0.2) is 25.7 Å². The summed E-state index contributed by atoms with van der Waals surface area (Å²) in [7, 11) is 0. The molecule has 15 heavy (non-hydrogen) atoms. The van der Waals surface area contributed by atoms with E-state index in [9.17, 15) is 9.59 Å². The van der Waals surface area contributed by atoms with Crippen LogP contribution in [0.15, 0.2) is 29.5 Å². The average Bonchev–Trinajstić information content (AvgIpc) is 2.59. The van der Waals surface area contributed by atoms with Crippen LogP contribution in [0.5, 0.6) is 0 Å². The van der Waals surface area contributed by atoms with Crippen LogP contribution in [0.1, 0.15) is 5.56 Å². The number of carboxylic acids is 1. The highest BCUT2D eigenvalue weighted by Gasteiger charge is 2.01. The number of fused-ring (bicyclic) bond motifs is 1. The van der Waals surface area contributed by atoms with Crippen molar-refractivity contribution < 1.29 is 9.90 Å². The molecular formula is C9H7N3O3. The van der Waals surface area contributed by atoms with Crippen LogP contribution in [0.2, 0.25) is 0 Å². The van der Waals surface area contributed by atoms with Crippen LogP contribution in [-0.2, 0) is 4.79 Å². The Kier molecular flexibility index (Phi) is 2.09. The van der Waals surface area contributed by atoms with Crippen molar-refractivity contribution >= 4 is 17.6 Å². The van der Waals surface area contributed by atoms with Gasteiger partial charge < -0.3 is 10.1 Å². The number of hydrogen-bond acceptors (Lipinski definition) is 3. The van der Waals surface area contributed by atoms with Crippen LogP contribution >= 0.6 is 0 Å². The number of H-pyrrole nitrogens is 1. The van der Waals surface area contributed by atoms with Gasteiger partial charge in [0.1, 0.15) is 11.8 Å². The van der Waals surface area contributed by atoms with Crippen LogP contribution < -0.4 is 5.56 Å². The number of carbonyl (C=O) groups is 1. The van der Waals surface area contributed by atoms with Crippen molar-refractivity contribution in [2.75, 3.05) is 0 Å². The molecule has 0 bridgehead atoms. The largest absolute Gasteiger partial charge is 0.478 e. The molecule has 6 nitrogen and oxygen atoms in total. The summed E-state index contributed by atoms with van der Waals surface area (Å²) in [6, 6.07) is 1.56. The molecule has 0 unspecified atom stereocenters. The highest BCUT2D eigenvalue weighted by atomic mass is 16.4. The van der Waals surface area contributed by atoms with Crippen molar-refractivity contribution in [2.24, 2.45) is 0 Å². The lowest BCUT2D eigenvalue weighted by Gasteiger charge is -1.87. The second kappa shape index (κ2) is 3.41. The monoisotopic (exact) mass is 205 g/mol. The molecule has 2 N–H and O–H groups in total. The summed E-state index contributed by atoms with van der Waals surface area (Å²) in [4.78, 5) is 24.0. The van der Waals surface area contributed by atoms with Gasteiger partial charge in [-0.1, -0.05) is 0 Å². The average molecular weight is 205 g/mol. The fourth-order valence-corrected chi connectivity index (χ4v) is 1.22. The SMILES string of the molecule is O=C(O)C=Cc1cc2c(=O)[nH]cnn2c1. The topological polar surface area (TPSA) is 87.5 Å². The van der Waals surface area contributed by atoms with E-state index < -0.39 is 5.97 Å². The maximum Gasteiger partial charge on any atom is 0.328 e. The second-order valence-electron chi connectivity index (χ2n) is 2.89. The van der Waals surface area contributed by atoms with Crippen LogP contribution in [0.3, 0.4) is 0 Å². The summed E-state index contributed by atoms with van der Waals surface area (Å²) >= 11 is 0. The van der Waals surface area contributed by atoms with Gasteiger partial charge in [0.05, 0.1) is 0 Å². The molecule has 0 aliphatic heterocycles. The zero-order valence-electron chi connectivity index (χ0n) is 7.54. The summed E-state index contributed by atoms with van der Waals surface area (Å²) in [5, 5.41) is 12.3. The standard InChI is InChI=1S/C9H7N3O3/c13-8(14)2-1-6-3-7-9(15)10-5-11-12(7)4-6/h1-5H,(H,13,14)(H,10,11,15). The smallest absolute Gasteiger partial charge is 0.328 e. The van der Waals surface area contributed by atoms with Gasteiger partial charge >= 0.3 is 5.97 Å². The predicted molar refractivity (Wildman–Crippen MR) is 52.5 cm³/mol. The molecule has 0 spiro atoms. The van der Waals surface area contributed by atoms with E-state index in [1.165, 1.54) is 16.9 Å². The summed E-state index contributed by atoms with van der Waals surface area (Å²) in [5.41, 5.74) is 0.726. The summed E-state index contributed by atoms with van der Waals surface area (Å²) in [6.07, 6.45) is 5.25. The number of rotatable bonds is 2. The second-order valence-corrected chi connectivity index (χ2v) is 2.89. The lowest BCUT2D eigenvalue weighted by Crippen LogP contribution is -2.09. The van der Waals surface area contributed by atoms with E-state index in [2.05, 4.69) is 10.1 Å². The quantitative estimate of drug-likeness (QED) is 0.681. The van der Waals surface area contributed by atoms with E-state index in [-0.39, 0.29) is 5.56 Å². The van der Waals surface area contributed by atoms with Crippen molar-refractivity contribution in [1.29, 1.82) is 0 Å². The fraction of sp³-hybridized carbons (Fsp3) is 0. The molecule has 76 valence electrons. The zero-order valence-corrected chi connectivity index (χ0v) is 7.54. The summed E-state index contributed by atoms with van der Waals surface area (Å²) in [6.45, 7) is 0. The highest BCUT2D eigenvalue weighted by Crippen LogP contribution is 2.05. The van der Waals surface area contributed by atoms with E-state index in [1.54, 1.807) is 12.3 Å². The molecule has 2 aromatic rings. The van der Waals surface area contributed by atoms with E-state index >= 15 is 0 Å². The van der Waals surface area contributed by atoms with Gasteiger partial charge in [0.2, 0.25) is 0 Å². The number of nitrogens with zero attached hydrogens (tertiary/aromatic N) is 2. The number of aromatic nitrogens is 3. The van der Waals surface area contributed by atoms with Crippen molar-refractivity contribution in [2.45, 2.75) is 0 Å². The summed E-state index contributed by atoms with van der Waals surface area (Å²) in [5.74, 6) is -1.04. The van der Waals surface area contributed by atoms with Gasteiger partial charge in [-0.2, -0.15) is 5.10 Å². The van der Waals surface area contributed by atoms with Crippen LogP contribution in [0.4, 0.5) is 0 Å². The molecule has 0 saturated carbocycles. The van der Waals surface area contributed by atoms with Crippen molar-refractivity contribution in [1.82, 2.24) is 14.6 Å². The molecule has 2 rings (SSSR count). The molecule has 0 radical (unpaired) electrons. The maximum atomic E-state index is 11.3. The number of aromatic amines is 1. The Labute approximate surface area is 83.5 Å². The predicted octanol–water partition coefficient (Wildman–Crippen LogP) is 0.120. The Morgan fingerprint density at radius 1 is 1.60 bits per heavy atom. The summed E-state index contributed by atoms with van der Waals surface area (Å²) < 4.78 is 1.39. The normalized spacial score (nSPS) is 11.2. The third-order valence-electron chi connectivity index (χ3n) is 1.85. The van der Waals surface area contributed by atoms with Crippen molar-refractivity contribution in [3.05, 3.63) is 40.6 Å². The molecular weight excluding hydrogens is 198 g/mol. The van der Waals surface area contributed by atoms with Gasteiger partial charge in [-0.3, -0.25) is 4.79 Å². The van der Waals surface area contributed by atoms with Crippen molar-refractivity contribution in [3.8, 4) is 0 Å². The molecule has 0 atom stereocenters. The van der Waals surface area contributed by atoms with E-state index in [4.69, 9.17) is 5.11 Å². The van der Waals surface area contributed by atoms with Gasteiger partial charge in [-0.05, 0) is 17.7 Å². The zero-order chi connectivity index (χ0) is 10.8. The van der Waals surface area contributed by atoms with Gasteiger partial charge in [-0.25, -0.2) is 9.31 Å². The van der Waals surface area contributed by atoms with E-state index in [1.807, 2.05) is 0 Å². The van der Waals surface area contributed by atoms with Gasteiger partial charge in [-0.15, -0.1) is 0 Å². The Hall–Kier alpha value is -2.37. The maximum absolute atomic E-state index is 11.3. The highest BCUT2D eigenvalue weighted by molar-refractivity contribution is 5.85. The van der Waals surface area contributed by atoms with E-state index in [0.717, 1.165) is 6.08 Å². The Bertz CT molecular complexity index is 594. The van der Waals surface area contributed by atoms with Crippen LogP contribution in [0, 0.1) is 0 Å². The minimum Gasteiger partial charge on any atom is -0.478 e. The minimum atomic E-state index is -1.04. The number of hydrogen-bond donors (Lipinski definition) is 2. The third-order valence-corrected chi connectivity index (χ3v) is 1.85. The first-order valence-electron chi connectivity index (χ1n) is 4.14. The molecule has 0 saturated heterocycles. The first-order chi connectivity index (χ1) is 7.16. The molecule has 0 aromatic carbocycles. The lowest BCUT2D eigenvalue weighted by molar-refractivity contribution is -0.131. The first-order valence-corrected chi connectivity index (χ1v) is 4.14. The van der Waals surface area contributed by atoms with Gasteiger partial charge in [0, 0.05) is 12.3 Å². The molecule has 6 heteroatoms. The minimum absolute atomic E-state index is 0.264. The van der Waals surface area contributed by atoms with Crippen molar-refractivity contribution in [3.63, 3.8) is 0 Å². The lowest BCUT2D eigenvalue weighted by atomic mass is 10.3. The Balaban J connectivity index is 2.52. The number of aliphatic carboxylic acids is 1. The number of nitrogens with one attached hydrogen (secondary N) is 1. The third kappa shape index (κ3) is 1.78. The van der Waals surface area contributed by atoms with Crippen LogP contribution in [0.25, 0.3) is 11.6 Å². The molecule has 0 aliphatic carbocycles. The Morgan fingerprint density at radius 2 is 2.40 bits per heavy atom. The molecule has 2 aromatic heterocycles. The molecule has 0 amide bonds. The molecule has 2 heterocycles.